The number of hydrogen-bond donors (Lipinski definition) is 1. The highest BCUT2D eigenvalue weighted by atomic mass is 35.5. The summed E-state index contributed by atoms with van der Waals surface area (Å²) in [6.07, 6.45) is 4.48. The Labute approximate surface area is 90.7 Å². The zero-order valence-electron chi connectivity index (χ0n) is 8.97. The van der Waals surface area contributed by atoms with Gasteiger partial charge in [0.2, 0.25) is 0 Å². The highest BCUT2D eigenvalue weighted by Crippen LogP contribution is 2.08. The summed E-state index contributed by atoms with van der Waals surface area (Å²) in [4.78, 5) is 4.04. The minimum atomic E-state index is 0.173. The van der Waals surface area contributed by atoms with Gasteiger partial charge < -0.3 is 5.32 Å². The molecule has 0 saturated carbocycles. The largest absolute Gasteiger partial charge is 0.312 e. The Hall–Kier alpha value is -0.600. The zero-order valence-corrected chi connectivity index (χ0v) is 9.73. The highest BCUT2D eigenvalue weighted by molar-refractivity contribution is 6.30. The molecule has 0 aromatic carbocycles. The number of pyridine rings is 1. The molecular formula is C11H17ClN2. The molecule has 3 heteroatoms. The first-order chi connectivity index (χ1) is 6.47. The van der Waals surface area contributed by atoms with E-state index < -0.39 is 0 Å². The molecule has 0 amide bonds. The van der Waals surface area contributed by atoms with Crippen molar-refractivity contribution < 1.29 is 0 Å². The van der Waals surface area contributed by atoms with Crippen molar-refractivity contribution in [3.05, 3.63) is 29.0 Å². The summed E-state index contributed by atoms with van der Waals surface area (Å²) in [6, 6.07) is 1.96. The molecule has 0 atom stereocenters. The summed E-state index contributed by atoms with van der Waals surface area (Å²) in [6.45, 7) is 7.42. The first-order valence-corrected chi connectivity index (χ1v) is 5.20. The molecule has 0 bridgehead atoms. The summed E-state index contributed by atoms with van der Waals surface area (Å²) in [5.74, 6) is 0. The van der Waals surface area contributed by atoms with Crippen LogP contribution in [0.1, 0.15) is 26.3 Å². The Morgan fingerprint density at radius 1 is 1.36 bits per heavy atom. The lowest BCUT2D eigenvalue weighted by Gasteiger charge is -2.20. The van der Waals surface area contributed by atoms with Gasteiger partial charge in [-0.1, -0.05) is 11.6 Å². The Bertz CT molecular complexity index is 292. The molecule has 1 aromatic rings. The van der Waals surface area contributed by atoms with Gasteiger partial charge in [-0.15, -0.1) is 0 Å². The number of nitrogens with one attached hydrogen (secondary N) is 1. The second kappa shape index (κ2) is 4.76. The molecule has 0 fully saturated rings. The van der Waals surface area contributed by atoms with E-state index in [-0.39, 0.29) is 5.54 Å². The van der Waals surface area contributed by atoms with Gasteiger partial charge in [-0.25, -0.2) is 0 Å². The van der Waals surface area contributed by atoms with Crippen molar-refractivity contribution in [2.75, 3.05) is 6.54 Å². The molecule has 1 rings (SSSR count). The van der Waals surface area contributed by atoms with E-state index in [2.05, 4.69) is 31.1 Å². The van der Waals surface area contributed by atoms with Gasteiger partial charge in [-0.2, -0.15) is 0 Å². The SMILES string of the molecule is CC(C)(C)NCCc1cncc(Cl)c1. The molecular weight excluding hydrogens is 196 g/mol. The molecule has 0 radical (unpaired) electrons. The number of aromatic nitrogens is 1. The molecule has 0 aliphatic heterocycles. The summed E-state index contributed by atoms with van der Waals surface area (Å²) >= 11 is 5.83. The zero-order chi connectivity index (χ0) is 10.6. The van der Waals surface area contributed by atoms with Crippen molar-refractivity contribution in [2.24, 2.45) is 0 Å². The monoisotopic (exact) mass is 212 g/mol. The van der Waals surface area contributed by atoms with E-state index in [1.165, 1.54) is 5.56 Å². The van der Waals surface area contributed by atoms with Crippen molar-refractivity contribution in [3.63, 3.8) is 0 Å². The summed E-state index contributed by atoms with van der Waals surface area (Å²) < 4.78 is 0. The summed E-state index contributed by atoms with van der Waals surface area (Å²) in [7, 11) is 0. The third kappa shape index (κ3) is 4.58. The maximum Gasteiger partial charge on any atom is 0.0592 e. The van der Waals surface area contributed by atoms with Gasteiger partial charge in [0.25, 0.3) is 0 Å². The van der Waals surface area contributed by atoms with Crippen molar-refractivity contribution in [3.8, 4) is 0 Å². The first kappa shape index (κ1) is 11.5. The fourth-order valence-electron chi connectivity index (χ4n) is 1.17. The maximum absolute atomic E-state index is 5.83. The fraction of sp³-hybridized carbons (Fsp3) is 0.545. The molecule has 78 valence electrons. The third-order valence-corrected chi connectivity index (χ3v) is 2.04. The molecule has 1 heterocycles. The second-order valence-corrected chi connectivity index (χ2v) is 4.87. The third-order valence-electron chi connectivity index (χ3n) is 1.83. The fourth-order valence-corrected chi connectivity index (χ4v) is 1.37. The smallest absolute Gasteiger partial charge is 0.0592 e. The minimum absolute atomic E-state index is 0.173. The standard InChI is InChI=1S/C11H17ClN2/c1-11(2,3)14-5-4-9-6-10(12)8-13-7-9/h6-8,14H,4-5H2,1-3H3. The Morgan fingerprint density at radius 2 is 2.07 bits per heavy atom. The van der Waals surface area contributed by atoms with Crippen LogP contribution in [0.2, 0.25) is 5.02 Å². The molecule has 1 aromatic heterocycles. The predicted molar refractivity (Wildman–Crippen MR) is 60.7 cm³/mol. The van der Waals surface area contributed by atoms with Gasteiger partial charge in [-0.3, -0.25) is 4.98 Å². The van der Waals surface area contributed by atoms with Crippen LogP contribution < -0.4 is 5.32 Å². The molecule has 0 unspecified atom stereocenters. The molecule has 0 spiro atoms. The van der Waals surface area contributed by atoms with Crippen molar-refractivity contribution in [1.82, 2.24) is 10.3 Å². The molecule has 0 aliphatic carbocycles. The van der Waals surface area contributed by atoms with Crippen LogP contribution in [0, 0.1) is 0 Å². The lowest BCUT2D eigenvalue weighted by molar-refractivity contribution is 0.429. The van der Waals surface area contributed by atoms with Crippen LogP contribution in [0.25, 0.3) is 0 Å². The Balaban J connectivity index is 2.39. The average molecular weight is 213 g/mol. The van der Waals surface area contributed by atoms with Gasteiger partial charge >= 0.3 is 0 Å². The van der Waals surface area contributed by atoms with Crippen LogP contribution in [0.3, 0.4) is 0 Å². The van der Waals surface area contributed by atoms with E-state index in [0.29, 0.717) is 5.02 Å². The lowest BCUT2D eigenvalue weighted by Crippen LogP contribution is -2.37. The van der Waals surface area contributed by atoms with Gasteiger partial charge in [0.05, 0.1) is 5.02 Å². The molecule has 14 heavy (non-hydrogen) atoms. The van der Waals surface area contributed by atoms with Gasteiger partial charge in [0.1, 0.15) is 0 Å². The number of nitrogens with zero attached hydrogens (tertiary/aromatic N) is 1. The van der Waals surface area contributed by atoms with Crippen molar-refractivity contribution in [1.29, 1.82) is 0 Å². The molecule has 0 saturated heterocycles. The first-order valence-electron chi connectivity index (χ1n) is 4.82. The molecule has 2 nitrogen and oxygen atoms in total. The van der Waals surface area contributed by atoms with Crippen LogP contribution in [-0.2, 0) is 6.42 Å². The highest BCUT2D eigenvalue weighted by Gasteiger charge is 2.07. The van der Waals surface area contributed by atoms with E-state index in [9.17, 15) is 0 Å². The van der Waals surface area contributed by atoms with Gasteiger partial charge in [-0.05, 0) is 45.4 Å². The quantitative estimate of drug-likeness (QED) is 0.834. The van der Waals surface area contributed by atoms with E-state index >= 15 is 0 Å². The van der Waals surface area contributed by atoms with Crippen LogP contribution in [-0.4, -0.2) is 17.1 Å². The maximum atomic E-state index is 5.83. The van der Waals surface area contributed by atoms with Crippen LogP contribution in [0.4, 0.5) is 0 Å². The normalized spacial score (nSPS) is 11.7. The van der Waals surface area contributed by atoms with Crippen molar-refractivity contribution >= 4 is 11.6 Å². The summed E-state index contributed by atoms with van der Waals surface area (Å²) in [5.41, 5.74) is 1.35. The molecule has 1 N–H and O–H groups in total. The van der Waals surface area contributed by atoms with E-state index in [0.717, 1.165) is 13.0 Å². The van der Waals surface area contributed by atoms with Gasteiger partial charge in [0, 0.05) is 17.9 Å². The number of halogens is 1. The average Bonchev–Trinajstić information content (AvgIpc) is 2.01. The Kier molecular flexibility index (Phi) is 3.90. The van der Waals surface area contributed by atoms with Crippen LogP contribution in [0.15, 0.2) is 18.5 Å². The van der Waals surface area contributed by atoms with Crippen molar-refractivity contribution in [2.45, 2.75) is 32.7 Å². The van der Waals surface area contributed by atoms with Crippen LogP contribution >= 0.6 is 11.6 Å². The van der Waals surface area contributed by atoms with E-state index in [1.807, 2.05) is 12.3 Å². The van der Waals surface area contributed by atoms with Gasteiger partial charge in [0.15, 0.2) is 0 Å². The second-order valence-electron chi connectivity index (χ2n) is 4.44. The molecule has 0 aliphatic rings. The van der Waals surface area contributed by atoms with E-state index in [1.54, 1.807) is 6.20 Å². The number of rotatable bonds is 3. The van der Waals surface area contributed by atoms with E-state index in [4.69, 9.17) is 11.6 Å². The minimum Gasteiger partial charge on any atom is -0.312 e. The Morgan fingerprint density at radius 3 is 2.64 bits per heavy atom. The van der Waals surface area contributed by atoms with Crippen LogP contribution in [0.5, 0.6) is 0 Å². The predicted octanol–water partition coefficient (Wildman–Crippen LogP) is 2.67. The summed E-state index contributed by atoms with van der Waals surface area (Å²) in [5, 5.41) is 4.13. The number of hydrogen-bond acceptors (Lipinski definition) is 2. The topological polar surface area (TPSA) is 24.9 Å². The lowest BCUT2D eigenvalue weighted by atomic mass is 10.1.